The van der Waals surface area contributed by atoms with Crippen LogP contribution in [0.3, 0.4) is 0 Å². The molecule has 0 bridgehead atoms. The van der Waals surface area contributed by atoms with E-state index in [1.54, 1.807) is 36.2 Å². The van der Waals surface area contributed by atoms with Crippen LogP contribution >= 0.6 is 0 Å². The number of benzene rings is 2. The summed E-state index contributed by atoms with van der Waals surface area (Å²) in [5.74, 6) is -0.354. The predicted octanol–water partition coefficient (Wildman–Crippen LogP) is 4.11. The second-order valence-electron chi connectivity index (χ2n) is 8.08. The molecule has 1 amide bonds. The van der Waals surface area contributed by atoms with Crippen molar-refractivity contribution in [2.24, 2.45) is 0 Å². The van der Waals surface area contributed by atoms with E-state index in [1.807, 2.05) is 19.1 Å². The zero-order valence-corrected chi connectivity index (χ0v) is 17.6. The second kappa shape index (κ2) is 8.26. The Morgan fingerprint density at radius 1 is 0.963 bits per heavy atom. The van der Waals surface area contributed by atoms with E-state index in [2.05, 4.69) is 32.9 Å². The normalized spacial score (nSPS) is 12.0. The summed E-state index contributed by atoms with van der Waals surface area (Å²) in [6, 6.07) is 14.9. The predicted molar refractivity (Wildman–Crippen MR) is 109 cm³/mol. The van der Waals surface area contributed by atoms with Crippen LogP contribution in [0.25, 0.3) is 0 Å². The summed E-state index contributed by atoms with van der Waals surface area (Å²) in [5, 5.41) is 0. The first-order valence-corrected chi connectivity index (χ1v) is 10.8. The van der Waals surface area contributed by atoms with Gasteiger partial charge in [0, 0.05) is 20.0 Å². The Hall–Kier alpha value is -2.14. The molecule has 0 aliphatic carbocycles. The van der Waals surface area contributed by atoms with Gasteiger partial charge in [-0.3, -0.25) is 4.79 Å². The van der Waals surface area contributed by atoms with E-state index in [0.717, 1.165) is 11.1 Å². The molecule has 2 aromatic carbocycles. The van der Waals surface area contributed by atoms with Crippen molar-refractivity contribution in [3.8, 4) is 0 Å². The molecule has 2 aromatic rings. The largest absolute Gasteiger partial charge is 0.341 e. The highest BCUT2D eigenvalue weighted by Crippen LogP contribution is 2.22. The minimum absolute atomic E-state index is 0.0210. The standard InChI is InChI=1S/C22H29NO3S/c1-17-6-12-20(13-7-17)27(25,26)15-14-21(24)23(5)16-18-8-10-19(11-9-18)22(2,3)4/h6-13H,14-16H2,1-5H3. The molecule has 0 unspecified atom stereocenters. The Balaban J connectivity index is 1.94. The molecular formula is C22H29NO3S. The van der Waals surface area contributed by atoms with E-state index in [-0.39, 0.29) is 28.4 Å². The highest BCUT2D eigenvalue weighted by Gasteiger charge is 2.19. The van der Waals surface area contributed by atoms with E-state index in [4.69, 9.17) is 0 Å². The average Bonchev–Trinajstić information content (AvgIpc) is 2.59. The molecule has 0 saturated heterocycles. The number of amides is 1. The highest BCUT2D eigenvalue weighted by atomic mass is 32.2. The summed E-state index contributed by atoms with van der Waals surface area (Å²) >= 11 is 0. The third kappa shape index (κ3) is 5.93. The van der Waals surface area contributed by atoms with Crippen LogP contribution < -0.4 is 0 Å². The third-order valence-electron chi connectivity index (χ3n) is 4.63. The summed E-state index contributed by atoms with van der Waals surface area (Å²) < 4.78 is 24.8. The lowest BCUT2D eigenvalue weighted by molar-refractivity contribution is -0.130. The monoisotopic (exact) mass is 387 g/mol. The molecule has 0 aromatic heterocycles. The van der Waals surface area contributed by atoms with Gasteiger partial charge in [-0.2, -0.15) is 0 Å². The van der Waals surface area contributed by atoms with Crippen molar-refractivity contribution in [2.45, 2.75) is 51.0 Å². The molecule has 27 heavy (non-hydrogen) atoms. The van der Waals surface area contributed by atoms with Gasteiger partial charge in [0.2, 0.25) is 5.91 Å². The maximum atomic E-state index is 12.4. The smallest absolute Gasteiger partial charge is 0.223 e. The molecule has 0 fully saturated rings. The average molecular weight is 388 g/mol. The van der Waals surface area contributed by atoms with E-state index in [9.17, 15) is 13.2 Å². The van der Waals surface area contributed by atoms with E-state index < -0.39 is 9.84 Å². The van der Waals surface area contributed by atoms with Gasteiger partial charge in [-0.05, 0) is 35.6 Å². The SMILES string of the molecule is Cc1ccc(S(=O)(=O)CCC(=O)N(C)Cc2ccc(C(C)(C)C)cc2)cc1. The number of aryl methyl sites for hydroxylation is 1. The number of carbonyl (C=O) groups excluding carboxylic acids is 1. The summed E-state index contributed by atoms with van der Waals surface area (Å²) in [4.78, 5) is 14.2. The lowest BCUT2D eigenvalue weighted by atomic mass is 9.87. The molecule has 0 aliphatic heterocycles. The molecule has 0 aliphatic rings. The number of rotatable bonds is 6. The zero-order valence-electron chi connectivity index (χ0n) is 16.8. The van der Waals surface area contributed by atoms with Crippen molar-refractivity contribution in [1.29, 1.82) is 0 Å². The molecule has 0 atom stereocenters. The van der Waals surface area contributed by atoms with Gasteiger partial charge in [-0.1, -0.05) is 62.7 Å². The Morgan fingerprint density at radius 3 is 2.04 bits per heavy atom. The second-order valence-corrected chi connectivity index (χ2v) is 10.2. The maximum absolute atomic E-state index is 12.4. The Labute approximate surface area is 163 Å². The fraction of sp³-hybridized carbons (Fsp3) is 0.409. The Kier molecular flexibility index (Phi) is 6.47. The summed E-state index contributed by atoms with van der Waals surface area (Å²) in [7, 11) is -1.74. The first-order valence-electron chi connectivity index (χ1n) is 9.12. The van der Waals surface area contributed by atoms with Gasteiger partial charge >= 0.3 is 0 Å². The molecule has 146 valence electrons. The molecular weight excluding hydrogens is 358 g/mol. The topological polar surface area (TPSA) is 54.5 Å². The number of sulfone groups is 1. The first kappa shape index (κ1) is 21.2. The van der Waals surface area contributed by atoms with Crippen LogP contribution in [0.2, 0.25) is 0 Å². The van der Waals surface area contributed by atoms with Crippen LogP contribution in [0.1, 0.15) is 43.9 Å². The molecule has 5 heteroatoms. The van der Waals surface area contributed by atoms with Crippen LogP contribution in [-0.4, -0.2) is 32.0 Å². The van der Waals surface area contributed by atoms with Gasteiger partial charge in [0.05, 0.1) is 10.6 Å². The van der Waals surface area contributed by atoms with Gasteiger partial charge in [0.15, 0.2) is 9.84 Å². The summed E-state index contributed by atoms with van der Waals surface area (Å²) in [6.45, 7) is 8.85. The molecule has 2 rings (SSSR count). The van der Waals surface area contributed by atoms with Gasteiger partial charge < -0.3 is 4.90 Å². The number of nitrogens with zero attached hydrogens (tertiary/aromatic N) is 1. The van der Waals surface area contributed by atoms with Crippen LogP contribution in [-0.2, 0) is 26.6 Å². The van der Waals surface area contributed by atoms with Gasteiger partial charge in [-0.15, -0.1) is 0 Å². The van der Waals surface area contributed by atoms with Crippen molar-refractivity contribution >= 4 is 15.7 Å². The maximum Gasteiger partial charge on any atom is 0.223 e. The fourth-order valence-electron chi connectivity index (χ4n) is 2.75. The molecule has 0 heterocycles. The number of carbonyl (C=O) groups is 1. The molecule has 0 saturated carbocycles. The highest BCUT2D eigenvalue weighted by molar-refractivity contribution is 7.91. The van der Waals surface area contributed by atoms with E-state index >= 15 is 0 Å². The number of hydrogen-bond acceptors (Lipinski definition) is 3. The minimum atomic E-state index is -3.45. The summed E-state index contributed by atoms with van der Waals surface area (Å²) in [5.41, 5.74) is 3.36. The lowest BCUT2D eigenvalue weighted by Gasteiger charge is -2.21. The molecule has 0 radical (unpaired) electrons. The van der Waals surface area contributed by atoms with Crippen LogP contribution in [0.5, 0.6) is 0 Å². The first-order chi connectivity index (χ1) is 12.5. The minimum Gasteiger partial charge on any atom is -0.341 e. The van der Waals surface area contributed by atoms with Crippen molar-refractivity contribution in [3.63, 3.8) is 0 Å². The van der Waals surface area contributed by atoms with Gasteiger partial charge in [-0.25, -0.2) is 8.42 Å². The lowest BCUT2D eigenvalue weighted by Crippen LogP contribution is -2.28. The van der Waals surface area contributed by atoms with Crippen LogP contribution in [0.4, 0.5) is 0 Å². The fourth-order valence-corrected chi connectivity index (χ4v) is 3.98. The quantitative estimate of drug-likeness (QED) is 0.749. The number of hydrogen-bond donors (Lipinski definition) is 0. The molecule has 0 N–H and O–H groups in total. The van der Waals surface area contributed by atoms with E-state index in [1.165, 1.54) is 5.56 Å². The molecule has 0 spiro atoms. The summed E-state index contributed by atoms with van der Waals surface area (Å²) in [6.07, 6.45) is -0.0210. The van der Waals surface area contributed by atoms with Crippen LogP contribution in [0.15, 0.2) is 53.4 Å². The zero-order chi connectivity index (χ0) is 20.2. The van der Waals surface area contributed by atoms with Crippen molar-refractivity contribution < 1.29 is 13.2 Å². The Morgan fingerprint density at radius 2 is 1.52 bits per heavy atom. The van der Waals surface area contributed by atoms with Gasteiger partial charge in [0.25, 0.3) is 0 Å². The molecule has 4 nitrogen and oxygen atoms in total. The van der Waals surface area contributed by atoms with Gasteiger partial charge in [0.1, 0.15) is 0 Å². The van der Waals surface area contributed by atoms with Crippen molar-refractivity contribution in [3.05, 3.63) is 65.2 Å². The van der Waals surface area contributed by atoms with E-state index in [0.29, 0.717) is 6.54 Å². The van der Waals surface area contributed by atoms with Crippen molar-refractivity contribution in [1.82, 2.24) is 4.90 Å². The van der Waals surface area contributed by atoms with Crippen LogP contribution in [0, 0.1) is 6.92 Å². The van der Waals surface area contributed by atoms with Crippen molar-refractivity contribution in [2.75, 3.05) is 12.8 Å². The third-order valence-corrected chi connectivity index (χ3v) is 6.36. The Bertz CT molecular complexity index is 877.